The maximum atomic E-state index is 9.37. The van der Waals surface area contributed by atoms with Crippen molar-refractivity contribution in [3.05, 3.63) is 0 Å². The number of thioether (sulfide) groups is 1. The van der Waals surface area contributed by atoms with Gasteiger partial charge >= 0.3 is 0 Å². The zero-order valence-corrected chi connectivity index (χ0v) is 12.5. The van der Waals surface area contributed by atoms with Crippen LogP contribution >= 0.6 is 11.8 Å². The van der Waals surface area contributed by atoms with Gasteiger partial charge in [0.15, 0.2) is 0 Å². The molecule has 4 heteroatoms. The van der Waals surface area contributed by atoms with Crippen molar-refractivity contribution >= 4 is 11.8 Å². The summed E-state index contributed by atoms with van der Waals surface area (Å²) in [5, 5.41) is 9.37. The second-order valence-corrected chi connectivity index (χ2v) is 7.39. The summed E-state index contributed by atoms with van der Waals surface area (Å²) in [4.78, 5) is 2.50. The van der Waals surface area contributed by atoms with Gasteiger partial charge < -0.3 is 4.74 Å². The van der Waals surface area contributed by atoms with Gasteiger partial charge in [-0.1, -0.05) is 0 Å². The first-order valence-electron chi connectivity index (χ1n) is 7.70. The maximum absolute atomic E-state index is 9.37. The molecule has 19 heavy (non-hydrogen) atoms. The van der Waals surface area contributed by atoms with Crippen LogP contribution in [0.15, 0.2) is 0 Å². The standard InChI is InChI=1S/C15H24N2OS/c16-12-14-3-1-2-7-17(14)13-4-8-18-15(11-13)5-9-19-10-6-15/h13-14H,1-11H2. The fourth-order valence-electron chi connectivity index (χ4n) is 3.91. The van der Waals surface area contributed by atoms with E-state index in [-0.39, 0.29) is 11.6 Å². The SMILES string of the molecule is N#CC1CCCCN1C1CCOC2(CCSCC2)C1. The van der Waals surface area contributed by atoms with E-state index in [9.17, 15) is 5.26 Å². The van der Waals surface area contributed by atoms with Crippen LogP contribution in [0.5, 0.6) is 0 Å². The van der Waals surface area contributed by atoms with Gasteiger partial charge in [0.1, 0.15) is 0 Å². The lowest BCUT2D eigenvalue weighted by Crippen LogP contribution is -2.54. The van der Waals surface area contributed by atoms with E-state index in [0.717, 1.165) is 32.4 Å². The average Bonchev–Trinajstić information content (AvgIpc) is 2.48. The van der Waals surface area contributed by atoms with Crippen LogP contribution < -0.4 is 0 Å². The molecule has 3 nitrogen and oxygen atoms in total. The first-order valence-corrected chi connectivity index (χ1v) is 8.86. The minimum Gasteiger partial charge on any atom is -0.375 e. The number of ether oxygens (including phenoxy) is 1. The van der Waals surface area contributed by atoms with Crippen molar-refractivity contribution in [3.8, 4) is 6.07 Å². The summed E-state index contributed by atoms with van der Waals surface area (Å²) < 4.78 is 6.17. The van der Waals surface area contributed by atoms with Crippen LogP contribution in [0.4, 0.5) is 0 Å². The second-order valence-electron chi connectivity index (χ2n) is 6.17. The lowest BCUT2D eigenvalue weighted by molar-refractivity contribution is -0.115. The summed E-state index contributed by atoms with van der Waals surface area (Å²) in [5.41, 5.74) is 0.144. The molecular formula is C15H24N2OS. The molecule has 3 aliphatic rings. The van der Waals surface area contributed by atoms with Crippen LogP contribution in [0.25, 0.3) is 0 Å². The molecule has 0 aromatic carbocycles. The van der Waals surface area contributed by atoms with E-state index in [0.29, 0.717) is 6.04 Å². The third kappa shape index (κ3) is 2.94. The topological polar surface area (TPSA) is 36.3 Å². The lowest BCUT2D eigenvalue weighted by Gasteiger charge is -2.48. The Morgan fingerprint density at radius 2 is 2.05 bits per heavy atom. The highest BCUT2D eigenvalue weighted by Crippen LogP contribution is 2.39. The molecular weight excluding hydrogens is 256 g/mol. The predicted molar refractivity (Wildman–Crippen MR) is 78.2 cm³/mol. The Kier molecular flexibility index (Phi) is 4.36. The molecule has 0 amide bonds. The lowest BCUT2D eigenvalue weighted by atomic mass is 9.83. The molecule has 3 heterocycles. The molecule has 0 N–H and O–H groups in total. The molecule has 3 aliphatic heterocycles. The molecule has 3 fully saturated rings. The van der Waals surface area contributed by atoms with Crippen LogP contribution in [0.1, 0.15) is 44.9 Å². The maximum Gasteiger partial charge on any atom is 0.0980 e. The highest BCUT2D eigenvalue weighted by atomic mass is 32.2. The second kappa shape index (κ2) is 6.03. The summed E-state index contributed by atoms with van der Waals surface area (Å²) in [7, 11) is 0. The zero-order chi connectivity index (χ0) is 13.1. The van der Waals surface area contributed by atoms with E-state index < -0.39 is 0 Å². The predicted octanol–water partition coefficient (Wildman–Crippen LogP) is 2.81. The fourth-order valence-corrected chi connectivity index (χ4v) is 5.14. The van der Waals surface area contributed by atoms with E-state index in [1.54, 1.807) is 0 Å². The largest absolute Gasteiger partial charge is 0.375 e. The number of hydrogen-bond acceptors (Lipinski definition) is 4. The van der Waals surface area contributed by atoms with E-state index in [1.807, 2.05) is 0 Å². The van der Waals surface area contributed by atoms with Crippen molar-refractivity contribution < 1.29 is 4.74 Å². The van der Waals surface area contributed by atoms with Crippen molar-refractivity contribution in [3.63, 3.8) is 0 Å². The minimum absolute atomic E-state index is 0.144. The molecule has 1 spiro atoms. The molecule has 0 radical (unpaired) electrons. The third-order valence-corrected chi connectivity index (χ3v) is 6.02. The normalized spacial score (nSPS) is 35.9. The van der Waals surface area contributed by atoms with Crippen LogP contribution in [0.3, 0.4) is 0 Å². The zero-order valence-electron chi connectivity index (χ0n) is 11.6. The number of piperidine rings is 1. The van der Waals surface area contributed by atoms with Gasteiger partial charge in [-0.25, -0.2) is 0 Å². The monoisotopic (exact) mass is 280 g/mol. The van der Waals surface area contributed by atoms with E-state index in [1.165, 1.54) is 37.2 Å². The number of nitriles is 1. The Morgan fingerprint density at radius 1 is 1.21 bits per heavy atom. The Morgan fingerprint density at radius 3 is 2.84 bits per heavy atom. The van der Waals surface area contributed by atoms with Crippen molar-refractivity contribution in [1.82, 2.24) is 4.90 Å². The summed E-state index contributed by atoms with van der Waals surface area (Å²) in [6.45, 7) is 2.01. The van der Waals surface area contributed by atoms with Crippen molar-refractivity contribution in [2.45, 2.75) is 62.6 Å². The van der Waals surface area contributed by atoms with Crippen LogP contribution in [0.2, 0.25) is 0 Å². The Hall–Kier alpha value is -0.240. The van der Waals surface area contributed by atoms with E-state index in [2.05, 4.69) is 22.7 Å². The van der Waals surface area contributed by atoms with Crippen molar-refractivity contribution in [1.29, 1.82) is 5.26 Å². The van der Waals surface area contributed by atoms with Gasteiger partial charge in [-0.15, -0.1) is 0 Å². The molecule has 0 aromatic heterocycles. The average molecular weight is 280 g/mol. The van der Waals surface area contributed by atoms with Gasteiger partial charge in [0.25, 0.3) is 0 Å². The number of hydrogen-bond donors (Lipinski definition) is 0. The molecule has 0 bridgehead atoms. The van der Waals surface area contributed by atoms with Gasteiger partial charge in [-0.3, -0.25) is 4.90 Å². The molecule has 3 saturated heterocycles. The van der Waals surface area contributed by atoms with Gasteiger partial charge in [-0.2, -0.15) is 17.0 Å². The Bertz CT molecular complexity index is 343. The number of rotatable bonds is 1. The first kappa shape index (κ1) is 13.7. The quantitative estimate of drug-likeness (QED) is 0.740. The van der Waals surface area contributed by atoms with Crippen molar-refractivity contribution in [2.24, 2.45) is 0 Å². The molecule has 0 aliphatic carbocycles. The highest BCUT2D eigenvalue weighted by molar-refractivity contribution is 7.99. The minimum atomic E-state index is 0.144. The third-order valence-electron chi connectivity index (χ3n) is 5.03. The molecule has 0 aromatic rings. The van der Waals surface area contributed by atoms with Gasteiger partial charge in [0, 0.05) is 12.6 Å². The first-order chi connectivity index (χ1) is 9.33. The van der Waals surface area contributed by atoms with Gasteiger partial charge in [0.2, 0.25) is 0 Å². The van der Waals surface area contributed by atoms with Gasteiger partial charge in [-0.05, 0) is 63.0 Å². The summed E-state index contributed by atoms with van der Waals surface area (Å²) in [6.07, 6.45) is 8.24. The van der Waals surface area contributed by atoms with Gasteiger partial charge in [0.05, 0.1) is 17.7 Å². The number of nitrogens with zero attached hydrogens (tertiary/aromatic N) is 2. The molecule has 106 valence electrons. The number of likely N-dealkylation sites (tertiary alicyclic amines) is 1. The van der Waals surface area contributed by atoms with Crippen LogP contribution in [-0.4, -0.2) is 47.2 Å². The Labute approximate surface area is 120 Å². The Balaban J connectivity index is 1.68. The van der Waals surface area contributed by atoms with E-state index in [4.69, 9.17) is 4.74 Å². The molecule has 3 rings (SSSR count). The smallest absolute Gasteiger partial charge is 0.0980 e. The van der Waals surface area contributed by atoms with Crippen LogP contribution in [0, 0.1) is 11.3 Å². The van der Waals surface area contributed by atoms with E-state index >= 15 is 0 Å². The van der Waals surface area contributed by atoms with Crippen LogP contribution in [-0.2, 0) is 4.74 Å². The highest BCUT2D eigenvalue weighted by Gasteiger charge is 2.42. The van der Waals surface area contributed by atoms with Crippen molar-refractivity contribution in [2.75, 3.05) is 24.7 Å². The summed E-state index contributed by atoms with van der Waals surface area (Å²) in [6, 6.07) is 3.27. The summed E-state index contributed by atoms with van der Waals surface area (Å²) in [5.74, 6) is 2.49. The molecule has 2 unspecified atom stereocenters. The molecule has 2 atom stereocenters. The molecule has 0 saturated carbocycles. The fraction of sp³-hybridized carbons (Fsp3) is 0.933. The summed E-state index contributed by atoms with van der Waals surface area (Å²) >= 11 is 2.06.